The predicted octanol–water partition coefficient (Wildman–Crippen LogP) is 2.45. The third kappa shape index (κ3) is 3.31. The van der Waals surface area contributed by atoms with Crippen LogP contribution in [0.15, 0.2) is 23.1 Å². The molecule has 2 rings (SSSR count). The van der Waals surface area contributed by atoms with Gasteiger partial charge in [0, 0.05) is 29.6 Å². The molecule has 0 spiro atoms. The second-order valence-electron chi connectivity index (χ2n) is 5.56. The Morgan fingerprint density at radius 1 is 1.47 bits per heavy atom. The van der Waals surface area contributed by atoms with Crippen LogP contribution >= 0.6 is 12.6 Å². The summed E-state index contributed by atoms with van der Waals surface area (Å²) in [6.07, 6.45) is 2.20. The van der Waals surface area contributed by atoms with Gasteiger partial charge in [0.15, 0.2) is 0 Å². The normalized spacial score (nSPS) is 19.2. The standard InChI is InChI=1S/C15H22N2OS/c1-11-6-7-13(19)9-14(11)15(18)17-8-4-5-12(17)10-16(2)3/h6-7,9,12,19H,4-5,8,10H2,1-3H3. The monoisotopic (exact) mass is 278 g/mol. The maximum Gasteiger partial charge on any atom is 0.254 e. The summed E-state index contributed by atoms with van der Waals surface area (Å²) in [6, 6.07) is 6.11. The summed E-state index contributed by atoms with van der Waals surface area (Å²) >= 11 is 4.34. The zero-order valence-electron chi connectivity index (χ0n) is 11.9. The molecule has 1 aromatic carbocycles. The molecule has 3 nitrogen and oxygen atoms in total. The van der Waals surface area contributed by atoms with Crippen LogP contribution in [0.5, 0.6) is 0 Å². The molecule has 1 aliphatic heterocycles. The zero-order valence-corrected chi connectivity index (χ0v) is 12.8. The first-order chi connectivity index (χ1) is 8.99. The number of likely N-dealkylation sites (tertiary alicyclic amines) is 1. The number of thiol groups is 1. The minimum atomic E-state index is 0.151. The number of carbonyl (C=O) groups excluding carboxylic acids is 1. The average molecular weight is 278 g/mol. The first kappa shape index (κ1) is 14.4. The summed E-state index contributed by atoms with van der Waals surface area (Å²) in [5.41, 5.74) is 1.82. The highest BCUT2D eigenvalue weighted by molar-refractivity contribution is 7.80. The molecule has 1 atom stereocenters. The van der Waals surface area contributed by atoms with Gasteiger partial charge in [0.1, 0.15) is 0 Å². The molecule has 1 amide bonds. The van der Waals surface area contributed by atoms with E-state index in [1.165, 1.54) is 0 Å². The highest BCUT2D eigenvalue weighted by atomic mass is 32.1. The Morgan fingerprint density at radius 3 is 2.89 bits per heavy atom. The lowest BCUT2D eigenvalue weighted by molar-refractivity contribution is 0.0715. The summed E-state index contributed by atoms with van der Waals surface area (Å²) in [4.78, 5) is 17.7. The van der Waals surface area contributed by atoms with E-state index in [0.29, 0.717) is 6.04 Å². The van der Waals surface area contributed by atoms with E-state index in [9.17, 15) is 4.79 Å². The van der Waals surface area contributed by atoms with Gasteiger partial charge in [-0.3, -0.25) is 4.79 Å². The summed E-state index contributed by atoms with van der Waals surface area (Å²) in [6.45, 7) is 3.79. The molecule has 104 valence electrons. The smallest absolute Gasteiger partial charge is 0.254 e. The SMILES string of the molecule is Cc1ccc(S)cc1C(=O)N1CCCC1CN(C)C. The van der Waals surface area contributed by atoms with Gasteiger partial charge in [-0.25, -0.2) is 0 Å². The average Bonchev–Trinajstić information content (AvgIpc) is 2.78. The number of nitrogens with zero attached hydrogens (tertiary/aromatic N) is 2. The molecule has 0 aromatic heterocycles. The van der Waals surface area contributed by atoms with E-state index >= 15 is 0 Å². The number of rotatable bonds is 3. The number of hydrogen-bond acceptors (Lipinski definition) is 3. The summed E-state index contributed by atoms with van der Waals surface area (Å²) in [7, 11) is 4.11. The van der Waals surface area contributed by atoms with Crippen molar-refractivity contribution in [1.82, 2.24) is 9.80 Å². The van der Waals surface area contributed by atoms with Crippen LogP contribution in [-0.4, -0.2) is 48.9 Å². The fourth-order valence-electron chi connectivity index (χ4n) is 2.71. The van der Waals surface area contributed by atoms with Gasteiger partial charge in [-0.15, -0.1) is 12.6 Å². The Balaban J connectivity index is 2.20. The van der Waals surface area contributed by atoms with Crippen molar-refractivity contribution in [2.24, 2.45) is 0 Å². The van der Waals surface area contributed by atoms with Crippen LogP contribution in [0.25, 0.3) is 0 Å². The molecule has 1 heterocycles. The third-order valence-electron chi connectivity index (χ3n) is 3.67. The van der Waals surface area contributed by atoms with Crippen molar-refractivity contribution in [3.63, 3.8) is 0 Å². The Hall–Kier alpha value is -1.00. The quantitative estimate of drug-likeness (QED) is 0.859. The highest BCUT2D eigenvalue weighted by Crippen LogP contribution is 2.23. The van der Waals surface area contributed by atoms with E-state index in [-0.39, 0.29) is 5.91 Å². The van der Waals surface area contributed by atoms with Crippen LogP contribution in [-0.2, 0) is 0 Å². The Morgan fingerprint density at radius 2 is 2.21 bits per heavy atom. The molecule has 4 heteroatoms. The second-order valence-corrected chi connectivity index (χ2v) is 6.07. The Kier molecular flexibility index (Phi) is 4.53. The van der Waals surface area contributed by atoms with Crippen molar-refractivity contribution in [2.45, 2.75) is 30.7 Å². The van der Waals surface area contributed by atoms with Crippen LogP contribution in [0.3, 0.4) is 0 Å². The number of aryl methyl sites for hydroxylation is 1. The van der Waals surface area contributed by atoms with Crippen molar-refractivity contribution in [1.29, 1.82) is 0 Å². The molecule has 1 aromatic rings. The molecule has 1 unspecified atom stereocenters. The molecule has 0 saturated carbocycles. The zero-order chi connectivity index (χ0) is 14.0. The third-order valence-corrected chi connectivity index (χ3v) is 3.94. The molecule has 19 heavy (non-hydrogen) atoms. The van der Waals surface area contributed by atoms with Crippen LogP contribution in [0.1, 0.15) is 28.8 Å². The van der Waals surface area contributed by atoms with Crippen LogP contribution in [0, 0.1) is 6.92 Å². The van der Waals surface area contributed by atoms with Crippen molar-refractivity contribution < 1.29 is 4.79 Å². The van der Waals surface area contributed by atoms with Crippen LogP contribution < -0.4 is 0 Å². The minimum absolute atomic E-state index is 0.151. The minimum Gasteiger partial charge on any atom is -0.334 e. The van der Waals surface area contributed by atoms with E-state index in [2.05, 4.69) is 31.6 Å². The van der Waals surface area contributed by atoms with Crippen molar-refractivity contribution in [3.05, 3.63) is 29.3 Å². The largest absolute Gasteiger partial charge is 0.334 e. The maximum atomic E-state index is 12.7. The molecule has 1 fully saturated rings. The molecular formula is C15H22N2OS. The first-order valence-corrected chi connectivity index (χ1v) is 7.19. The van der Waals surface area contributed by atoms with Crippen LogP contribution in [0.2, 0.25) is 0 Å². The lowest BCUT2D eigenvalue weighted by Crippen LogP contribution is -2.41. The molecule has 0 aliphatic carbocycles. The van der Waals surface area contributed by atoms with Crippen molar-refractivity contribution >= 4 is 18.5 Å². The highest BCUT2D eigenvalue weighted by Gasteiger charge is 2.30. The maximum absolute atomic E-state index is 12.7. The number of carbonyl (C=O) groups is 1. The second kappa shape index (κ2) is 5.97. The summed E-state index contributed by atoms with van der Waals surface area (Å²) in [5.74, 6) is 0.151. The van der Waals surface area contributed by atoms with Gasteiger partial charge in [0.2, 0.25) is 0 Å². The van der Waals surface area contributed by atoms with Crippen molar-refractivity contribution in [2.75, 3.05) is 27.2 Å². The Bertz CT molecular complexity index is 473. The molecule has 0 bridgehead atoms. The van der Waals surface area contributed by atoms with E-state index < -0.39 is 0 Å². The summed E-state index contributed by atoms with van der Waals surface area (Å²) in [5, 5.41) is 0. The molecule has 0 N–H and O–H groups in total. The first-order valence-electron chi connectivity index (χ1n) is 6.74. The van der Waals surface area contributed by atoms with Gasteiger partial charge in [-0.1, -0.05) is 6.07 Å². The number of likely N-dealkylation sites (N-methyl/N-ethyl adjacent to an activating group) is 1. The predicted molar refractivity (Wildman–Crippen MR) is 81.0 cm³/mol. The van der Waals surface area contributed by atoms with Gasteiger partial charge in [0.05, 0.1) is 0 Å². The number of amides is 1. The fourth-order valence-corrected chi connectivity index (χ4v) is 2.91. The fraction of sp³-hybridized carbons (Fsp3) is 0.533. The number of hydrogen-bond donors (Lipinski definition) is 1. The lowest BCUT2D eigenvalue weighted by Gasteiger charge is -2.27. The molecule has 0 radical (unpaired) electrons. The number of benzene rings is 1. The van der Waals surface area contributed by atoms with Gasteiger partial charge in [-0.2, -0.15) is 0 Å². The van der Waals surface area contributed by atoms with Crippen molar-refractivity contribution in [3.8, 4) is 0 Å². The molecule has 1 aliphatic rings. The van der Waals surface area contributed by atoms with E-state index in [4.69, 9.17) is 0 Å². The van der Waals surface area contributed by atoms with Gasteiger partial charge in [-0.05, 0) is 51.6 Å². The topological polar surface area (TPSA) is 23.6 Å². The molecule has 1 saturated heterocycles. The van der Waals surface area contributed by atoms with E-state index in [0.717, 1.165) is 42.0 Å². The lowest BCUT2D eigenvalue weighted by atomic mass is 10.1. The van der Waals surface area contributed by atoms with Crippen LogP contribution in [0.4, 0.5) is 0 Å². The van der Waals surface area contributed by atoms with Gasteiger partial charge < -0.3 is 9.80 Å². The van der Waals surface area contributed by atoms with Gasteiger partial charge in [0.25, 0.3) is 5.91 Å². The van der Waals surface area contributed by atoms with E-state index in [1.807, 2.05) is 30.0 Å². The van der Waals surface area contributed by atoms with Gasteiger partial charge >= 0.3 is 0 Å². The Labute approximate surface area is 121 Å². The summed E-state index contributed by atoms with van der Waals surface area (Å²) < 4.78 is 0. The molecular weight excluding hydrogens is 256 g/mol. The van der Waals surface area contributed by atoms with E-state index in [1.54, 1.807) is 0 Å².